The summed E-state index contributed by atoms with van der Waals surface area (Å²) >= 11 is 0. The van der Waals surface area contributed by atoms with Crippen LogP contribution in [0.5, 0.6) is 11.5 Å². The first kappa shape index (κ1) is 11.8. The number of hydrogen-bond acceptors (Lipinski definition) is 2. The van der Waals surface area contributed by atoms with Crippen molar-refractivity contribution >= 4 is 5.65 Å². The van der Waals surface area contributed by atoms with E-state index in [-0.39, 0.29) is 0 Å². The molecule has 0 atom stereocenters. The van der Waals surface area contributed by atoms with Crippen LogP contribution in [0.4, 0.5) is 0 Å². The third kappa shape index (κ3) is 2.19. The molecule has 3 aromatic rings. The van der Waals surface area contributed by atoms with E-state index in [9.17, 15) is 0 Å². The van der Waals surface area contributed by atoms with Crippen LogP contribution in [-0.4, -0.2) is 9.38 Å². The third-order valence-electron chi connectivity index (χ3n) is 3.23. The molecule has 0 saturated heterocycles. The summed E-state index contributed by atoms with van der Waals surface area (Å²) in [5.41, 5.74) is 4.40. The van der Waals surface area contributed by atoms with Crippen LogP contribution in [0.25, 0.3) is 5.65 Å². The quantitative estimate of drug-likeness (QED) is 0.687. The lowest BCUT2D eigenvalue weighted by Gasteiger charge is -2.09. The molecular weight excluding hydrogens is 236 g/mol. The highest BCUT2D eigenvalue weighted by Crippen LogP contribution is 2.26. The molecule has 3 nitrogen and oxygen atoms in total. The van der Waals surface area contributed by atoms with E-state index in [2.05, 4.69) is 31.0 Å². The first-order valence-electron chi connectivity index (χ1n) is 6.32. The van der Waals surface area contributed by atoms with Crippen molar-refractivity contribution in [3.63, 3.8) is 0 Å². The molecule has 0 aliphatic rings. The predicted octanol–water partition coefficient (Wildman–Crippen LogP) is 4.05. The fourth-order valence-corrected chi connectivity index (χ4v) is 2.19. The van der Waals surface area contributed by atoms with Crippen LogP contribution in [0, 0.1) is 20.8 Å². The Hall–Kier alpha value is -2.29. The first-order valence-corrected chi connectivity index (χ1v) is 6.32. The molecule has 0 aliphatic heterocycles. The van der Waals surface area contributed by atoms with Gasteiger partial charge in [-0.25, -0.2) is 4.98 Å². The van der Waals surface area contributed by atoms with Crippen LogP contribution in [0.3, 0.4) is 0 Å². The Bertz CT molecular complexity index is 744. The van der Waals surface area contributed by atoms with Gasteiger partial charge in [-0.05, 0) is 38.5 Å². The van der Waals surface area contributed by atoms with E-state index in [0.717, 1.165) is 28.4 Å². The van der Waals surface area contributed by atoms with Crippen molar-refractivity contribution in [1.29, 1.82) is 0 Å². The summed E-state index contributed by atoms with van der Waals surface area (Å²) in [6.45, 7) is 6.17. The number of aromatic nitrogens is 2. The number of ether oxygens (including phenoxy) is 1. The summed E-state index contributed by atoms with van der Waals surface area (Å²) in [7, 11) is 0. The highest BCUT2D eigenvalue weighted by Gasteiger charge is 2.04. The standard InChI is InChI=1S/C16H16N2O/c1-11-4-5-15(12(2)8-11)19-14-6-7-18-13(3)10-17-16(18)9-14/h4-10H,1-3H3. The summed E-state index contributed by atoms with van der Waals surface area (Å²) < 4.78 is 7.96. The minimum Gasteiger partial charge on any atom is -0.457 e. The molecule has 3 rings (SSSR count). The van der Waals surface area contributed by atoms with Gasteiger partial charge in [-0.3, -0.25) is 0 Å². The highest BCUT2D eigenvalue weighted by atomic mass is 16.5. The van der Waals surface area contributed by atoms with E-state index >= 15 is 0 Å². The van der Waals surface area contributed by atoms with Crippen molar-refractivity contribution in [1.82, 2.24) is 9.38 Å². The van der Waals surface area contributed by atoms with Gasteiger partial charge in [0.1, 0.15) is 17.1 Å². The van der Waals surface area contributed by atoms with Gasteiger partial charge in [0.05, 0.1) is 0 Å². The number of imidazole rings is 1. The van der Waals surface area contributed by atoms with Gasteiger partial charge >= 0.3 is 0 Å². The molecule has 0 N–H and O–H groups in total. The fourth-order valence-electron chi connectivity index (χ4n) is 2.19. The number of hydrogen-bond donors (Lipinski definition) is 0. The number of benzene rings is 1. The molecule has 96 valence electrons. The molecule has 0 spiro atoms. The Morgan fingerprint density at radius 3 is 2.68 bits per heavy atom. The first-order chi connectivity index (χ1) is 9.13. The van der Waals surface area contributed by atoms with Crippen LogP contribution in [0.1, 0.15) is 16.8 Å². The van der Waals surface area contributed by atoms with Gasteiger partial charge in [0.25, 0.3) is 0 Å². The van der Waals surface area contributed by atoms with Crippen LogP contribution < -0.4 is 4.74 Å². The van der Waals surface area contributed by atoms with Gasteiger partial charge in [-0.2, -0.15) is 0 Å². The van der Waals surface area contributed by atoms with Crippen molar-refractivity contribution in [2.75, 3.05) is 0 Å². The van der Waals surface area contributed by atoms with E-state index in [0.29, 0.717) is 0 Å². The second kappa shape index (κ2) is 4.43. The normalized spacial score (nSPS) is 10.9. The lowest BCUT2D eigenvalue weighted by atomic mass is 10.1. The van der Waals surface area contributed by atoms with E-state index in [1.54, 1.807) is 0 Å². The van der Waals surface area contributed by atoms with E-state index in [1.807, 2.05) is 41.9 Å². The van der Waals surface area contributed by atoms with Crippen molar-refractivity contribution < 1.29 is 4.74 Å². The second-order valence-electron chi connectivity index (χ2n) is 4.86. The number of aryl methyl sites for hydroxylation is 3. The van der Waals surface area contributed by atoms with Crippen molar-refractivity contribution in [2.24, 2.45) is 0 Å². The van der Waals surface area contributed by atoms with Crippen LogP contribution in [0.2, 0.25) is 0 Å². The predicted molar refractivity (Wildman–Crippen MR) is 75.9 cm³/mol. The minimum atomic E-state index is 0.810. The summed E-state index contributed by atoms with van der Waals surface area (Å²) in [5, 5.41) is 0. The average Bonchev–Trinajstić information content (AvgIpc) is 2.74. The van der Waals surface area contributed by atoms with Crippen LogP contribution in [-0.2, 0) is 0 Å². The molecule has 0 aliphatic carbocycles. The molecule has 1 aromatic carbocycles. The molecule has 0 radical (unpaired) electrons. The smallest absolute Gasteiger partial charge is 0.140 e. The average molecular weight is 252 g/mol. The molecule has 2 aromatic heterocycles. The van der Waals surface area contributed by atoms with Crippen LogP contribution in [0.15, 0.2) is 42.7 Å². The lowest BCUT2D eigenvalue weighted by molar-refractivity contribution is 0.478. The number of rotatable bonds is 2. The molecule has 0 fully saturated rings. The number of pyridine rings is 1. The molecule has 0 bridgehead atoms. The topological polar surface area (TPSA) is 26.5 Å². The van der Waals surface area contributed by atoms with E-state index in [1.165, 1.54) is 5.56 Å². The largest absolute Gasteiger partial charge is 0.457 e. The Morgan fingerprint density at radius 2 is 1.89 bits per heavy atom. The summed E-state index contributed by atoms with van der Waals surface area (Å²) in [6, 6.07) is 10.1. The summed E-state index contributed by atoms with van der Waals surface area (Å²) in [4.78, 5) is 4.34. The maximum absolute atomic E-state index is 5.93. The summed E-state index contributed by atoms with van der Waals surface area (Å²) in [5.74, 6) is 1.70. The van der Waals surface area contributed by atoms with Gasteiger partial charge in [-0.1, -0.05) is 17.7 Å². The molecule has 19 heavy (non-hydrogen) atoms. The van der Waals surface area contributed by atoms with Gasteiger partial charge in [0.2, 0.25) is 0 Å². The highest BCUT2D eigenvalue weighted by molar-refractivity contribution is 5.48. The zero-order valence-electron chi connectivity index (χ0n) is 11.3. The van der Waals surface area contributed by atoms with E-state index in [4.69, 9.17) is 4.74 Å². The molecule has 0 unspecified atom stereocenters. The van der Waals surface area contributed by atoms with Gasteiger partial charge in [0, 0.05) is 24.2 Å². The van der Waals surface area contributed by atoms with Gasteiger partial charge < -0.3 is 9.14 Å². The maximum atomic E-state index is 5.93. The third-order valence-corrected chi connectivity index (χ3v) is 3.23. The Balaban J connectivity index is 1.96. The Kier molecular flexibility index (Phi) is 2.75. The van der Waals surface area contributed by atoms with Crippen LogP contribution >= 0.6 is 0 Å². The monoisotopic (exact) mass is 252 g/mol. The maximum Gasteiger partial charge on any atom is 0.140 e. The molecular formula is C16H16N2O. The van der Waals surface area contributed by atoms with Gasteiger partial charge in [-0.15, -0.1) is 0 Å². The van der Waals surface area contributed by atoms with E-state index < -0.39 is 0 Å². The molecule has 0 amide bonds. The Morgan fingerprint density at radius 1 is 1.05 bits per heavy atom. The van der Waals surface area contributed by atoms with Crippen molar-refractivity contribution in [3.05, 3.63) is 59.5 Å². The SMILES string of the molecule is Cc1ccc(Oc2ccn3c(C)cnc3c2)c(C)c1. The molecule has 2 heterocycles. The Labute approximate surface area is 112 Å². The fraction of sp³-hybridized carbons (Fsp3) is 0.188. The lowest BCUT2D eigenvalue weighted by Crippen LogP contribution is -1.91. The molecule has 0 saturated carbocycles. The van der Waals surface area contributed by atoms with Crippen molar-refractivity contribution in [2.45, 2.75) is 20.8 Å². The van der Waals surface area contributed by atoms with Crippen molar-refractivity contribution in [3.8, 4) is 11.5 Å². The zero-order chi connectivity index (χ0) is 13.4. The minimum absolute atomic E-state index is 0.810. The number of fused-ring (bicyclic) bond motifs is 1. The molecule has 3 heteroatoms. The second-order valence-corrected chi connectivity index (χ2v) is 4.86. The number of nitrogens with zero attached hydrogens (tertiary/aromatic N) is 2. The summed E-state index contributed by atoms with van der Waals surface area (Å²) in [6.07, 6.45) is 3.84. The zero-order valence-corrected chi connectivity index (χ0v) is 11.3. The van der Waals surface area contributed by atoms with Gasteiger partial charge in [0.15, 0.2) is 0 Å².